The van der Waals surface area contributed by atoms with Crippen molar-refractivity contribution in [2.24, 2.45) is 40.9 Å². The van der Waals surface area contributed by atoms with E-state index >= 15 is 0 Å². The van der Waals surface area contributed by atoms with Gasteiger partial charge in [-0.05, 0) is 80.6 Å². The number of aliphatic hydroxyl groups excluding tert-OH is 1. The molecule has 35 heavy (non-hydrogen) atoms. The van der Waals surface area contributed by atoms with Gasteiger partial charge < -0.3 is 19.7 Å². The number of allylic oxidation sites excluding steroid dienone is 2. The number of aliphatic hydroxyl groups is 2. The second-order valence-corrected chi connectivity index (χ2v) is 12.4. The zero-order valence-corrected chi connectivity index (χ0v) is 22.3. The van der Waals surface area contributed by atoms with Crippen LogP contribution in [0.2, 0.25) is 0 Å². The van der Waals surface area contributed by atoms with Gasteiger partial charge in [-0.25, -0.2) is 4.79 Å². The highest BCUT2D eigenvalue weighted by Crippen LogP contribution is 2.63. The van der Waals surface area contributed by atoms with Crippen LogP contribution >= 0.6 is 0 Å². The summed E-state index contributed by atoms with van der Waals surface area (Å²) in [6.07, 6.45) is 4.18. The van der Waals surface area contributed by atoms with Crippen molar-refractivity contribution >= 4 is 11.9 Å². The quantitative estimate of drug-likeness (QED) is 0.444. The molecule has 0 aromatic rings. The molecule has 4 rings (SSSR count). The van der Waals surface area contributed by atoms with Gasteiger partial charge in [0, 0.05) is 18.3 Å². The Kier molecular flexibility index (Phi) is 7.04. The lowest BCUT2D eigenvalue weighted by atomic mass is 9.53. The minimum Gasteiger partial charge on any atom is -0.462 e. The van der Waals surface area contributed by atoms with E-state index in [-0.39, 0.29) is 35.2 Å². The molecule has 10 unspecified atom stereocenters. The molecule has 0 bridgehead atoms. The molecule has 196 valence electrons. The third-order valence-corrected chi connectivity index (χ3v) is 9.96. The van der Waals surface area contributed by atoms with Crippen molar-refractivity contribution < 1.29 is 29.3 Å². The Morgan fingerprint density at radius 3 is 2.60 bits per heavy atom. The van der Waals surface area contributed by atoms with E-state index in [4.69, 9.17) is 9.47 Å². The molecule has 0 aromatic heterocycles. The Labute approximate surface area is 210 Å². The fourth-order valence-corrected chi connectivity index (χ4v) is 8.16. The van der Waals surface area contributed by atoms with Crippen molar-refractivity contribution in [1.29, 1.82) is 0 Å². The average molecular weight is 489 g/mol. The predicted octanol–water partition coefficient (Wildman–Crippen LogP) is 4.58. The molecule has 6 heteroatoms. The summed E-state index contributed by atoms with van der Waals surface area (Å²) >= 11 is 0. The number of cyclic esters (lactones) is 1. The van der Waals surface area contributed by atoms with Gasteiger partial charge in [-0.2, -0.15) is 0 Å². The second-order valence-electron chi connectivity index (χ2n) is 12.4. The van der Waals surface area contributed by atoms with E-state index < -0.39 is 29.7 Å². The van der Waals surface area contributed by atoms with E-state index in [0.717, 1.165) is 25.7 Å². The molecule has 2 N–H and O–H groups in total. The van der Waals surface area contributed by atoms with Gasteiger partial charge in [0.25, 0.3) is 0 Å². The predicted molar refractivity (Wildman–Crippen MR) is 133 cm³/mol. The summed E-state index contributed by atoms with van der Waals surface area (Å²) in [7, 11) is 0. The van der Waals surface area contributed by atoms with Gasteiger partial charge in [0.1, 0.15) is 17.8 Å². The third-order valence-electron chi connectivity index (χ3n) is 9.96. The highest BCUT2D eigenvalue weighted by Gasteiger charge is 2.62. The summed E-state index contributed by atoms with van der Waals surface area (Å²) < 4.78 is 11.4. The third kappa shape index (κ3) is 4.19. The SMILES string of the molecule is C=C1C2CC3C(C(C)C)C(OC(=O)CCC)CC3(C)CC2/C(C)=C\CC2C(C)OC(=O)C(O)C12O. The first-order chi connectivity index (χ1) is 16.3. The maximum Gasteiger partial charge on any atom is 0.338 e. The summed E-state index contributed by atoms with van der Waals surface area (Å²) in [6, 6.07) is 0. The van der Waals surface area contributed by atoms with Crippen molar-refractivity contribution in [3.8, 4) is 0 Å². The lowest BCUT2D eigenvalue weighted by Crippen LogP contribution is -2.63. The topological polar surface area (TPSA) is 93.1 Å². The molecule has 4 aliphatic rings. The molecule has 6 nitrogen and oxygen atoms in total. The summed E-state index contributed by atoms with van der Waals surface area (Å²) in [5.41, 5.74) is 0.110. The van der Waals surface area contributed by atoms with Crippen LogP contribution in [-0.2, 0) is 19.1 Å². The van der Waals surface area contributed by atoms with E-state index in [9.17, 15) is 19.8 Å². The largest absolute Gasteiger partial charge is 0.462 e. The van der Waals surface area contributed by atoms with Gasteiger partial charge >= 0.3 is 11.9 Å². The standard InChI is InChI=1S/C29H44O6/c1-8-9-24(30)35-23-14-28(7)13-20-16(4)10-11-21-18(6)34-27(32)26(31)29(21,33)17(5)19(20)12-22(28)25(23)15(2)3/h10,15,18-23,25-26,31,33H,5,8-9,11-14H2,1-4,6-7H3/b16-10-. The van der Waals surface area contributed by atoms with Crippen LogP contribution in [0.5, 0.6) is 0 Å². The van der Waals surface area contributed by atoms with Crippen LogP contribution in [0.25, 0.3) is 0 Å². The van der Waals surface area contributed by atoms with Crippen molar-refractivity contribution in [1.82, 2.24) is 0 Å². The van der Waals surface area contributed by atoms with Crippen LogP contribution in [0.3, 0.4) is 0 Å². The number of esters is 2. The average Bonchev–Trinajstić information content (AvgIpc) is 3.06. The monoisotopic (exact) mass is 488 g/mol. The van der Waals surface area contributed by atoms with Crippen molar-refractivity contribution in [3.63, 3.8) is 0 Å². The number of rotatable bonds is 4. The number of carbonyl (C=O) groups excluding carboxylic acids is 2. The summed E-state index contributed by atoms with van der Waals surface area (Å²) in [6.45, 7) is 17.0. The molecular formula is C29H44O6. The molecule has 3 fully saturated rings. The van der Waals surface area contributed by atoms with Gasteiger partial charge in [-0.3, -0.25) is 4.79 Å². The molecule has 0 spiro atoms. The first-order valence-corrected chi connectivity index (χ1v) is 13.5. The van der Waals surface area contributed by atoms with E-state index in [2.05, 4.69) is 40.3 Å². The van der Waals surface area contributed by atoms with E-state index in [1.165, 1.54) is 5.57 Å². The van der Waals surface area contributed by atoms with Crippen molar-refractivity contribution in [2.45, 2.75) is 104 Å². The maximum absolute atomic E-state index is 12.5. The Morgan fingerprint density at radius 1 is 1.29 bits per heavy atom. The van der Waals surface area contributed by atoms with Crippen LogP contribution in [0, 0.1) is 40.9 Å². The summed E-state index contributed by atoms with van der Waals surface area (Å²) in [4.78, 5) is 24.9. The smallest absolute Gasteiger partial charge is 0.338 e. The Bertz CT molecular complexity index is 907. The van der Waals surface area contributed by atoms with Crippen molar-refractivity contribution in [2.75, 3.05) is 0 Å². The normalized spacial score (nSPS) is 46.9. The number of carbonyl (C=O) groups is 2. The second kappa shape index (κ2) is 9.33. The Hall–Kier alpha value is -1.66. The molecule has 3 aliphatic carbocycles. The minimum absolute atomic E-state index is 0.00126. The number of hydrogen-bond acceptors (Lipinski definition) is 6. The first-order valence-electron chi connectivity index (χ1n) is 13.5. The molecule has 0 radical (unpaired) electrons. The van der Waals surface area contributed by atoms with Crippen LogP contribution in [0.4, 0.5) is 0 Å². The van der Waals surface area contributed by atoms with Gasteiger partial charge in [0.05, 0.1) is 0 Å². The van der Waals surface area contributed by atoms with E-state index in [1.807, 2.05) is 6.92 Å². The fraction of sp³-hybridized carbons (Fsp3) is 0.793. The van der Waals surface area contributed by atoms with Gasteiger partial charge in [-0.15, -0.1) is 0 Å². The van der Waals surface area contributed by atoms with Crippen LogP contribution < -0.4 is 0 Å². The van der Waals surface area contributed by atoms with Crippen LogP contribution in [-0.4, -0.2) is 46.1 Å². The zero-order chi connectivity index (χ0) is 25.9. The van der Waals surface area contributed by atoms with E-state index in [0.29, 0.717) is 30.3 Å². The van der Waals surface area contributed by atoms with Crippen molar-refractivity contribution in [3.05, 3.63) is 23.8 Å². The number of fused-ring (bicyclic) bond motifs is 3. The minimum atomic E-state index is -1.72. The van der Waals surface area contributed by atoms with E-state index in [1.54, 1.807) is 6.92 Å². The molecular weight excluding hydrogens is 444 g/mol. The molecule has 0 amide bonds. The highest BCUT2D eigenvalue weighted by molar-refractivity contribution is 5.78. The van der Waals surface area contributed by atoms with Crippen LogP contribution in [0.15, 0.2) is 23.8 Å². The molecule has 0 aromatic carbocycles. The lowest BCUT2D eigenvalue weighted by Gasteiger charge is -2.54. The van der Waals surface area contributed by atoms with Gasteiger partial charge in [-0.1, -0.05) is 45.9 Å². The fourth-order valence-electron chi connectivity index (χ4n) is 8.16. The highest BCUT2D eigenvalue weighted by atomic mass is 16.6. The Balaban J connectivity index is 1.72. The summed E-state index contributed by atoms with van der Waals surface area (Å²) in [5, 5.41) is 22.9. The maximum atomic E-state index is 12.5. The van der Waals surface area contributed by atoms with Gasteiger partial charge in [0.15, 0.2) is 6.10 Å². The Morgan fingerprint density at radius 2 is 1.97 bits per heavy atom. The zero-order valence-electron chi connectivity index (χ0n) is 22.3. The van der Waals surface area contributed by atoms with Gasteiger partial charge in [0.2, 0.25) is 0 Å². The summed E-state index contributed by atoms with van der Waals surface area (Å²) in [5.74, 6) is -0.412. The molecule has 10 atom stereocenters. The molecule has 2 saturated carbocycles. The number of ether oxygens (including phenoxy) is 2. The first kappa shape index (κ1) is 26.4. The van der Waals surface area contributed by atoms with Crippen LogP contribution in [0.1, 0.15) is 80.1 Å². The molecule has 1 saturated heterocycles. The molecule has 1 aliphatic heterocycles. The number of hydrogen-bond donors (Lipinski definition) is 2. The molecule has 1 heterocycles. The lowest BCUT2D eigenvalue weighted by molar-refractivity contribution is -0.209.